The Bertz CT molecular complexity index is 941. The van der Waals surface area contributed by atoms with Gasteiger partial charge in [0.25, 0.3) is 5.56 Å². The van der Waals surface area contributed by atoms with E-state index in [9.17, 15) is 14.7 Å². The highest BCUT2D eigenvalue weighted by molar-refractivity contribution is 7.17. The number of hydrogen-bond acceptors (Lipinski definition) is 5. The Kier molecular flexibility index (Phi) is 4.49. The molecule has 0 N–H and O–H groups in total. The number of aliphatic carboxylic acids is 1. The van der Waals surface area contributed by atoms with E-state index in [1.807, 2.05) is 29.6 Å². The number of aromatic nitrogens is 2. The van der Waals surface area contributed by atoms with Crippen LogP contribution in [-0.4, -0.2) is 15.5 Å². The minimum absolute atomic E-state index is 0.264. The second-order valence-electron chi connectivity index (χ2n) is 5.58. The van der Waals surface area contributed by atoms with Crippen LogP contribution < -0.4 is 10.7 Å². The van der Waals surface area contributed by atoms with Crippen molar-refractivity contribution < 1.29 is 9.90 Å². The number of carbonyl (C=O) groups is 1. The van der Waals surface area contributed by atoms with Crippen molar-refractivity contribution in [3.05, 3.63) is 51.9 Å². The Balaban J connectivity index is 2.20. The molecule has 6 heteroatoms. The molecule has 0 bridgehead atoms. The molecule has 0 saturated carbocycles. The van der Waals surface area contributed by atoms with Crippen molar-refractivity contribution in [2.75, 3.05) is 0 Å². The molecule has 0 saturated heterocycles. The van der Waals surface area contributed by atoms with Gasteiger partial charge < -0.3 is 9.90 Å². The van der Waals surface area contributed by atoms with Gasteiger partial charge in [-0.15, -0.1) is 11.3 Å². The number of carboxylic acid groups (broad SMARTS) is 1. The fourth-order valence-corrected chi connectivity index (χ4v) is 3.68. The SMILES string of the molecule is CCc1ccc(-c2csc3ncn(C(CC)C(=O)[O-])c(=O)c23)cc1. The third-order valence-electron chi connectivity index (χ3n) is 4.19. The molecule has 0 radical (unpaired) electrons. The number of rotatable bonds is 5. The number of aryl methyl sites for hydroxylation is 1. The summed E-state index contributed by atoms with van der Waals surface area (Å²) in [5.74, 6) is -1.27. The van der Waals surface area contributed by atoms with E-state index in [0.717, 1.165) is 22.1 Å². The van der Waals surface area contributed by atoms with Crippen molar-refractivity contribution in [1.82, 2.24) is 9.55 Å². The van der Waals surface area contributed by atoms with Gasteiger partial charge in [0.05, 0.1) is 23.7 Å². The average molecular weight is 341 g/mol. The Labute approximate surface area is 143 Å². The van der Waals surface area contributed by atoms with Gasteiger partial charge in [0.1, 0.15) is 4.83 Å². The maximum Gasteiger partial charge on any atom is 0.263 e. The van der Waals surface area contributed by atoms with E-state index in [-0.39, 0.29) is 12.0 Å². The predicted octanol–water partition coefficient (Wildman–Crippen LogP) is 2.39. The normalized spacial score (nSPS) is 12.4. The third kappa shape index (κ3) is 2.73. The lowest BCUT2D eigenvalue weighted by Crippen LogP contribution is -2.37. The van der Waals surface area contributed by atoms with Gasteiger partial charge in [-0.3, -0.25) is 9.36 Å². The molecule has 124 valence electrons. The summed E-state index contributed by atoms with van der Waals surface area (Å²) >= 11 is 1.38. The molecule has 1 unspecified atom stereocenters. The maximum absolute atomic E-state index is 12.9. The van der Waals surface area contributed by atoms with E-state index >= 15 is 0 Å². The molecule has 2 aromatic heterocycles. The molecule has 0 aliphatic carbocycles. The van der Waals surface area contributed by atoms with Gasteiger partial charge in [-0.25, -0.2) is 4.98 Å². The van der Waals surface area contributed by atoms with E-state index < -0.39 is 12.0 Å². The molecular formula is C18H17N2O3S-. The van der Waals surface area contributed by atoms with Crippen molar-refractivity contribution in [3.63, 3.8) is 0 Å². The standard InChI is InChI=1S/C18H18N2O3S/c1-3-11-5-7-12(8-6-11)13-9-24-16-15(13)17(21)20(10-19-16)14(4-2)18(22)23/h5-10,14H,3-4H2,1-2H3,(H,22,23)/p-1. The highest BCUT2D eigenvalue weighted by atomic mass is 32.1. The minimum Gasteiger partial charge on any atom is -0.548 e. The number of fused-ring (bicyclic) bond motifs is 1. The third-order valence-corrected chi connectivity index (χ3v) is 5.07. The summed E-state index contributed by atoms with van der Waals surface area (Å²) in [5.41, 5.74) is 2.60. The van der Waals surface area contributed by atoms with Crippen LogP contribution >= 0.6 is 11.3 Å². The van der Waals surface area contributed by atoms with Gasteiger partial charge in [-0.2, -0.15) is 0 Å². The summed E-state index contributed by atoms with van der Waals surface area (Å²) in [6, 6.07) is 7.01. The Morgan fingerprint density at radius 3 is 2.58 bits per heavy atom. The quantitative estimate of drug-likeness (QED) is 0.714. The molecule has 3 aromatic rings. The summed E-state index contributed by atoms with van der Waals surface area (Å²) in [4.78, 5) is 29.0. The molecule has 0 aliphatic rings. The van der Waals surface area contributed by atoms with Crippen LogP contribution in [-0.2, 0) is 11.2 Å². The number of hydrogen-bond donors (Lipinski definition) is 0. The van der Waals surface area contributed by atoms with Gasteiger partial charge >= 0.3 is 0 Å². The molecule has 0 aliphatic heterocycles. The van der Waals surface area contributed by atoms with Gasteiger partial charge in [0.15, 0.2) is 0 Å². The minimum atomic E-state index is -1.27. The number of carboxylic acids is 1. The molecule has 1 atom stereocenters. The first kappa shape index (κ1) is 16.4. The van der Waals surface area contributed by atoms with Crippen molar-refractivity contribution in [2.24, 2.45) is 0 Å². The van der Waals surface area contributed by atoms with E-state index in [1.165, 1.54) is 23.2 Å². The van der Waals surface area contributed by atoms with Crippen molar-refractivity contribution in [3.8, 4) is 11.1 Å². The molecule has 0 amide bonds. The predicted molar refractivity (Wildman–Crippen MR) is 93.0 cm³/mol. The number of benzene rings is 1. The molecular weight excluding hydrogens is 324 g/mol. The number of nitrogens with zero attached hydrogens (tertiary/aromatic N) is 2. The van der Waals surface area contributed by atoms with Crippen LogP contribution in [0.2, 0.25) is 0 Å². The lowest BCUT2D eigenvalue weighted by Gasteiger charge is -2.18. The van der Waals surface area contributed by atoms with Gasteiger partial charge in [0, 0.05) is 10.9 Å². The van der Waals surface area contributed by atoms with E-state index in [2.05, 4.69) is 11.9 Å². The Hall–Kier alpha value is -2.47. The molecule has 2 heterocycles. The van der Waals surface area contributed by atoms with Crippen molar-refractivity contribution in [1.29, 1.82) is 0 Å². The summed E-state index contributed by atoms with van der Waals surface area (Å²) in [5, 5.41) is 13.6. The molecule has 0 fully saturated rings. The smallest absolute Gasteiger partial charge is 0.263 e. The monoisotopic (exact) mass is 341 g/mol. The first-order valence-corrected chi connectivity index (χ1v) is 8.73. The summed E-state index contributed by atoms with van der Waals surface area (Å²) in [6.45, 7) is 3.79. The van der Waals surface area contributed by atoms with Crippen LogP contribution in [0.25, 0.3) is 21.3 Å². The van der Waals surface area contributed by atoms with Gasteiger partial charge in [0.2, 0.25) is 0 Å². The second kappa shape index (κ2) is 6.57. The fourth-order valence-electron chi connectivity index (χ4n) is 2.78. The van der Waals surface area contributed by atoms with E-state index in [4.69, 9.17) is 0 Å². The van der Waals surface area contributed by atoms with E-state index in [0.29, 0.717) is 10.2 Å². The molecule has 24 heavy (non-hydrogen) atoms. The lowest BCUT2D eigenvalue weighted by atomic mass is 10.0. The number of thiophene rings is 1. The van der Waals surface area contributed by atoms with Crippen LogP contribution in [0.1, 0.15) is 31.9 Å². The summed E-state index contributed by atoms with van der Waals surface area (Å²) in [7, 11) is 0. The van der Waals surface area contributed by atoms with Crippen LogP contribution in [0.15, 0.2) is 40.8 Å². The fraction of sp³-hybridized carbons (Fsp3) is 0.278. The van der Waals surface area contributed by atoms with Crippen molar-refractivity contribution >= 4 is 27.5 Å². The van der Waals surface area contributed by atoms with Gasteiger partial charge in [-0.1, -0.05) is 38.1 Å². The maximum atomic E-state index is 12.9. The molecule has 3 rings (SSSR count). The van der Waals surface area contributed by atoms with E-state index in [1.54, 1.807) is 6.92 Å². The zero-order chi connectivity index (χ0) is 17.3. The highest BCUT2D eigenvalue weighted by Gasteiger charge is 2.17. The zero-order valence-corrected chi connectivity index (χ0v) is 14.3. The van der Waals surface area contributed by atoms with Crippen LogP contribution in [0.3, 0.4) is 0 Å². The zero-order valence-electron chi connectivity index (χ0n) is 13.5. The molecule has 0 spiro atoms. The Morgan fingerprint density at radius 2 is 2.00 bits per heavy atom. The molecule has 5 nitrogen and oxygen atoms in total. The highest BCUT2D eigenvalue weighted by Crippen LogP contribution is 2.31. The summed E-state index contributed by atoms with van der Waals surface area (Å²) in [6.07, 6.45) is 2.51. The van der Waals surface area contributed by atoms with Gasteiger partial charge in [-0.05, 0) is 24.0 Å². The summed E-state index contributed by atoms with van der Waals surface area (Å²) < 4.78 is 1.16. The first-order chi connectivity index (χ1) is 11.6. The topological polar surface area (TPSA) is 75.0 Å². The second-order valence-corrected chi connectivity index (χ2v) is 6.44. The largest absolute Gasteiger partial charge is 0.548 e. The number of carbonyl (C=O) groups excluding carboxylic acids is 1. The first-order valence-electron chi connectivity index (χ1n) is 7.85. The molecule has 1 aromatic carbocycles. The van der Waals surface area contributed by atoms with Crippen LogP contribution in [0, 0.1) is 0 Å². The van der Waals surface area contributed by atoms with Crippen LogP contribution in [0.5, 0.6) is 0 Å². The average Bonchev–Trinajstić information content (AvgIpc) is 3.02. The lowest BCUT2D eigenvalue weighted by molar-refractivity contribution is -0.310. The van der Waals surface area contributed by atoms with Crippen LogP contribution in [0.4, 0.5) is 0 Å². The Morgan fingerprint density at radius 1 is 1.29 bits per heavy atom. The van der Waals surface area contributed by atoms with Crippen molar-refractivity contribution in [2.45, 2.75) is 32.7 Å².